The normalized spacial score (nSPS) is 19.6. The number of aliphatic hydroxyl groups excluding tert-OH is 1. The van der Waals surface area contributed by atoms with Crippen molar-refractivity contribution in [3.8, 4) is 0 Å². The van der Waals surface area contributed by atoms with E-state index in [2.05, 4.69) is 24.4 Å². The van der Waals surface area contributed by atoms with Gasteiger partial charge in [0, 0.05) is 18.8 Å². The lowest BCUT2D eigenvalue weighted by molar-refractivity contribution is -0.117. The molecule has 1 aromatic carbocycles. The van der Waals surface area contributed by atoms with Gasteiger partial charge in [-0.15, -0.1) is 0 Å². The van der Waals surface area contributed by atoms with Crippen LogP contribution in [0.5, 0.6) is 0 Å². The molecular weight excluding hydrogens is 240 g/mol. The quantitative estimate of drug-likeness (QED) is 0.848. The zero-order valence-corrected chi connectivity index (χ0v) is 11.4. The highest BCUT2D eigenvalue weighted by molar-refractivity contribution is 5.92. The zero-order chi connectivity index (χ0) is 13.7. The average molecular weight is 262 g/mol. The minimum atomic E-state index is -0.277. The summed E-state index contributed by atoms with van der Waals surface area (Å²) in [6, 6.07) is 8.00. The van der Waals surface area contributed by atoms with Crippen LogP contribution >= 0.6 is 0 Å². The molecule has 0 unspecified atom stereocenters. The number of hydrogen-bond acceptors (Lipinski definition) is 3. The van der Waals surface area contributed by atoms with E-state index in [4.69, 9.17) is 0 Å². The summed E-state index contributed by atoms with van der Waals surface area (Å²) in [7, 11) is 0. The number of β-amino-alcohol motifs (C(OH)–C–C–N with tert-alkyl or cyclic N) is 1. The van der Waals surface area contributed by atoms with Crippen LogP contribution in [0.25, 0.3) is 0 Å². The largest absolute Gasteiger partial charge is 0.392 e. The maximum Gasteiger partial charge on any atom is 0.238 e. The van der Waals surface area contributed by atoms with Gasteiger partial charge in [0.2, 0.25) is 5.91 Å². The van der Waals surface area contributed by atoms with Gasteiger partial charge in [-0.3, -0.25) is 9.69 Å². The van der Waals surface area contributed by atoms with Crippen LogP contribution < -0.4 is 5.32 Å². The van der Waals surface area contributed by atoms with E-state index >= 15 is 0 Å². The fourth-order valence-electron chi connectivity index (χ4n) is 2.40. The Labute approximate surface area is 114 Å². The van der Waals surface area contributed by atoms with E-state index in [0.717, 1.165) is 31.5 Å². The number of aryl methyl sites for hydroxylation is 1. The van der Waals surface area contributed by atoms with Crippen molar-refractivity contribution in [1.82, 2.24) is 4.90 Å². The number of nitrogens with zero attached hydrogens (tertiary/aromatic N) is 1. The van der Waals surface area contributed by atoms with Crippen molar-refractivity contribution in [2.24, 2.45) is 0 Å². The fraction of sp³-hybridized carbons (Fsp3) is 0.533. The first-order valence-corrected chi connectivity index (χ1v) is 6.96. The lowest BCUT2D eigenvalue weighted by Crippen LogP contribution is -2.32. The molecule has 4 nitrogen and oxygen atoms in total. The summed E-state index contributed by atoms with van der Waals surface area (Å²) in [4.78, 5) is 13.8. The Kier molecular flexibility index (Phi) is 4.93. The van der Waals surface area contributed by atoms with Crippen molar-refractivity contribution in [3.05, 3.63) is 29.8 Å². The lowest BCUT2D eigenvalue weighted by atomic mass is 10.1. The van der Waals surface area contributed by atoms with E-state index in [9.17, 15) is 9.90 Å². The molecule has 19 heavy (non-hydrogen) atoms. The number of carbonyl (C=O) groups is 1. The van der Waals surface area contributed by atoms with Gasteiger partial charge in [-0.1, -0.05) is 25.5 Å². The number of nitrogens with one attached hydrogen (secondary N) is 1. The lowest BCUT2D eigenvalue weighted by Gasteiger charge is -2.14. The molecule has 1 heterocycles. The second-order valence-electron chi connectivity index (χ2n) is 5.17. The summed E-state index contributed by atoms with van der Waals surface area (Å²) in [5.74, 6) is -0.0164. The highest BCUT2D eigenvalue weighted by atomic mass is 16.3. The number of benzene rings is 1. The molecule has 0 bridgehead atoms. The third-order valence-corrected chi connectivity index (χ3v) is 3.39. The third-order valence-electron chi connectivity index (χ3n) is 3.39. The molecule has 0 radical (unpaired) electrons. The van der Waals surface area contributed by atoms with E-state index in [1.165, 1.54) is 5.56 Å². The van der Waals surface area contributed by atoms with Crippen LogP contribution in [0.3, 0.4) is 0 Å². The van der Waals surface area contributed by atoms with Gasteiger partial charge in [0.1, 0.15) is 0 Å². The molecule has 0 aromatic heterocycles. The second kappa shape index (κ2) is 6.68. The molecule has 104 valence electrons. The zero-order valence-electron chi connectivity index (χ0n) is 11.4. The summed E-state index contributed by atoms with van der Waals surface area (Å²) in [5.41, 5.74) is 2.13. The summed E-state index contributed by atoms with van der Waals surface area (Å²) >= 11 is 0. The SMILES string of the molecule is CCCc1ccc(NC(=O)CN2CC[C@H](O)C2)cc1. The third kappa shape index (κ3) is 4.33. The van der Waals surface area contributed by atoms with E-state index in [1.54, 1.807) is 0 Å². The maximum atomic E-state index is 11.9. The monoisotopic (exact) mass is 262 g/mol. The van der Waals surface area contributed by atoms with E-state index < -0.39 is 0 Å². The number of anilines is 1. The molecule has 1 saturated heterocycles. The molecule has 1 atom stereocenters. The molecule has 1 aliphatic heterocycles. The Bertz CT molecular complexity index is 417. The number of hydrogen-bond donors (Lipinski definition) is 2. The fourth-order valence-corrected chi connectivity index (χ4v) is 2.40. The van der Waals surface area contributed by atoms with Gasteiger partial charge in [0.25, 0.3) is 0 Å². The topological polar surface area (TPSA) is 52.6 Å². The average Bonchev–Trinajstić information content (AvgIpc) is 2.77. The van der Waals surface area contributed by atoms with Gasteiger partial charge in [0.15, 0.2) is 0 Å². The minimum Gasteiger partial charge on any atom is -0.392 e. The van der Waals surface area contributed by atoms with E-state index in [-0.39, 0.29) is 12.0 Å². The molecule has 2 N–H and O–H groups in total. The molecule has 1 fully saturated rings. The first-order valence-electron chi connectivity index (χ1n) is 6.96. The molecule has 0 aliphatic carbocycles. The van der Waals surface area contributed by atoms with Crippen molar-refractivity contribution in [3.63, 3.8) is 0 Å². The molecular formula is C15H22N2O2. The van der Waals surface area contributed by atoms with Gasteiger partial charge in [-0.25, -0.2) is 0 Å². The minimum absolute atomic E-state index is 0.0164. The predicted molar refractivity (Wildman–Crippen MR) is 76.1 cm³/mol. The molecule has 2 rings (SSSR count). The molecule has 4 heteroatoms. The van der Waals surface area contributed by atoms with Crippen LogP contribution in [-0.4, -0.2) is 41.7 Å². The van der Waals surface area contributed by atoms with Gasteiger partial charge < -0.3 is 10.4 Å². The van der Waals surface area contributed by atoms with Gasteiger partial charge in [-0.05, 0) is 30.5 Å². The van der Waals surface area contributed by atoms with Crippen LogP contribution in [0.4, 0.5) is 5.69 Å². The van der Waals surface area contributed by atoms with Crippen LogP contribution in [0.2, 0.25) is 0 Å². The summed E-state index contributed by atoms with van der Waals surface area (Å²) in [5, 5.41) is 12.3. The van der Waals surface area contributed by atoms with Gasteiger partial charge in [-0.2, -0.15) is 0 Å². The molecule has 0 saturated carbocycles. The van der Waals surface area contributed by atoms with Gasteiger partial charge >= 0.3 is 0 Å². The number of carbonyl (C=O) groups excluding carboxylic acids is 1. The molecule has 0 spiro atoms. The first-order chi connectivity index (χ1) is 9.17. The Balaban J connectivity index is 1.81. The number of likely N-dealkylation sites (tertiary alicyclic amines) is 1. The van der Waals surface area contributed by atoms with Gasteiger partial charge in [0.05, 0.1) is 12.6 Å². The maximum absolute atomic E-state index is 11.9. The highest BCUT2D eigenvalue weighted by Crippen LogP contribution is 2.12. The second-order valence-corrected chi connectivity index (χ2v) is 5.17. The Morgan fingerprint density at radius 1 is 1.42 bits per heavy atom. The number of aliphatic hydroxyl groups is 1. The van der Waals surface area contributed by atoms with Crippen molar-refractivity contribution >= 4 is 11.6 Å². The summed E-state index contributed by atoms with van der Waals surface area (Å²) in [6.45, 7) is 3.90. The van der Waals surface area contributed by atoms with Crippen molar-refractivity contribution < 1.29 is 9.90 Å². The Morgan fingerprint density at radius 3 is 2.74 bits per heavy atom. The molecule has 1 amide bonds. The Morgan fingerprint density at radius 2 is 2.16 bits per heavy atom. The van der Waals surface area contributed by atoms with E-state index in [0.29, 0.717) is 13.1 Å². The van der Waals surface area contributed by atoms with Crippen LogP contribution in [0, 0.1) is 0 Å². The van der Waals surface area contributed by atoms with Crippen LogP contribution in [-0.2, 0) is 11.2 Å². The molecule has 1 aromatic rings. The standard InChI is InChI=1S/C15H22N2O2/c1-2-3-12-4-6-13(7-5-12)16-15(19)11-17-9-8-14(18)10-17/h4-7,14,18H,2-3,8-11H2,1H3,(H,16,19)/t14-/m0/s1. The highest BCUT2D eigenvalue weighted by Gasteiger charge is 2.21. The number of amides is 1. The molecule has 1 aliphatic rings. The summed E-state index contributed by atoms with van der Waals surface area (Å²) < 4.78 is 0. The smallest absolute Gasteiger partial charge is 0.238 e. The van der Waals surface area contributed by atoms with Crippen molar-refractivity contribution in [2.45, 2.75) is 32.3 Å². The van der Waals surface area contributed by atoms with Crippen molar-refractivity contribution in [1.29, 1.82) is 0 Å². The first kappa shape index (κ1) is 14.0. The van der Waals surface area contributed by atoms with Crippen LogP contribution in [0.1, 0.15) is 25.3 Å². The Hall–Kier alpha value is -1.39. The van der Waals surface area contributed by atoms with Crippen LogP contribution in [0.15, 0.2) is 24.3 Å². The number of rotatable bonds is 5. The predicted octanol–water partition coefficient (Wildman–Crippen LogP) is 1.64. The van der Waals surface area contributed by atoms with Crippen molar-refractivity contribution in [2.75, 3.05) is 25.0 Å². The summed E-state index contributed by atoms with van der Waals surface area (Å²) in [6.07, 6.45) is 2.68. The van der Waals surface area contributed by atoms with E-state index in [1.807, 2.05) is 17.0 Å².